The van der Waals surface area contributed by atoms with Crippen LogP contribution in [0.5, 0.6) is 0 Å². The molecule has 6 nitrogen and oxygen atoms in total. The first-order valence-corrected chi connectivity index (χ1v) is 9.88. The Hall–Kier alpha value is -1.03. The highest BCUT2D eigenvalue weighted by atomic mass is 32.2. The molecular formula is C13H20N4O2S3. The van der Waals surface area contributed by atoms with Crippen molar-refractivity contribution in [3.63, 3.8) is 0 Å². The van der Waals surface area contributed by atoms with Crippen LogP contribution in [0.3, 0.4) is 0 Å². The smallest absolute Gasteiger partial charge is 0.252 e. The zero-order valence-electron chi connectivity index (χ0n) is 13.0. The molecule has 0 unspecified atom stereocenters. The van der Waals surface area contributed by atoms with E-state index in [0.29, 0.717) is 22.4 Å². The second kappa shape index (κ2) is 6.61. The van der Waals surface area contributed by atoms with Gasteiger partial charge < -0.3 is 5.32 Å². The van der Waals surface area contributed by atoms with Gasteiger partial charge in [-0.05, 0) is 11.4 Å². The summed E-state index contributed by atoms with van der Waals surface area (Å²) in [5, 5.41) is 5.60. The molecule has 0 bridgehead atoms. The van der Waals surface area contributed by atoms with Gasteiger partial charge in [-0.3, -0.25) is 0 Å². The number of hydrogen-bond acceptors (Lipinski definition) is 7. The minimum absolute atomic E-state index is 0.0876. The third-order valence-corrected chi connectivity index (χ3v) is 6.86. The van der Waals surface area contributed by atoms with Crippen LogP contribution >= 0.6 is 22.9 Å². The first-order valence-electron chi connectivity index (χ1n) is 6.79. The van der Waals surface area contributed by atoms with Gasteiger partial charge in [-0.1, -0.05) is 26.8 Å². The minimum atomic E-state index is -3.39. The van der Waals surface area contributed by atoms with Gasteiger partial charge in [0.2, 0.25) is 5.13 Å². The molecule has 1 N–H and O–H groups in total. The summed E-state index contributed by atoms with van der Waals surface area (Å²) < 4.78 is 30.5. The Labute approximate surface area is 139 Å². The third kappa shape index (κ3) is 4.03. The Bertz CT molecular complexity index is 702. The van der Waals surface area contributed by atoms with Crippen LogP contribution in [0.1, 0.15) is 26.6 Å². The summed E-state index contributed by atoms with van der Waals surface area (Å²) in [6.07, 6.45) is 0. The maximum Gasteiger partial charge on any atom is 0.252 e. The minimum Gasteiger partial charge on any atom is -0.359 e. The van der Waals surface area contributed by atoms with E-state index in [9.17, 15) is 8.42 Å². The predicted octanol–water partition coefficient (Wildman–Crippen LogP) is 2.63. The number of likely N-dealkylation sites (N-methyl/N-ethyl adjacent to an activating group) is 1. The van der Waals surface area contributed by atoms with Crippen molar-refractivity contribution in [2.45, 2.75) is 30.4 Å². The van der Waals surface area contributed by atoms with Crippen molar-refractivity contribution < 1.29 is 8.42 Å². The molecule has 0 spiro atoms. The summed E-state index contributed by atoms with van der Waals surface area (Å²) in [6.45, 7) is 7.02. The molecule has 0 aliphatic carbocycles. The number of sulfonamides is 1. The molecule has 2 rings (SSSR count). The number of nitrogens with zero attached hydrogens (tertiary/aromatic N) is 3. The summed E-state index contributed by atoms with van der Waals surface area (Å²) in [7, 11) is -1.81. The molecule has 0 fully saturated rings. The van der Waals surface area contributed by atoms with Crippen molar-refractivity contribution in [1.82, 2.24) is 13.7 Å². The molecular weight excluding hydrogens is 340 g/mol. The number of aromatic nitrogens is 2. The standard InChI is InChI=1S/C13H20N4O2S3/c1-13(2,3)11-15-12(21-16-11)14-7-8-17(4)22(18,19)10-6-5-9-20-10/h5-6,9H,7-8H2,1-4H3,(H,14,15,16). The van der Waals surface area contributed by atoms with E-state index in [1.165, 1.54) is 27.2 Å². The SMILES string of the molecule is CN(CCNc1nc(C(C)(C)C)ns1)S(=O)(=O)c1cccs1. The van der Waals surface area contributed by atoms with Gasteiger partial charge in [0.05, 0.1) is 0 Å². The first-order chi connectivity index (χ1) is 10.2. The van der Waals surface area contributed by atoms with Gasteiger partial charge >= 0.3 is 0 Å². The van der Waals surface area contributed by atoms with E-state index in [4.69, 9.17) is 0 Å². The Balaban J connectivity index is 1.90. The molecule has 0 saturated heterocycles. The van der Waals surface area contributed by atoms with Crippen LogP contribution in [-0.4, -0.2) is 42.2 Å². The van der Waals surface area contributed by atoms with Crippen molar-refractivity contribution >= 4 is 38.0 Å². The van der Waals surface area contributed by atoms with Gasteiger partial charge in [-0.2, -0.15) is 8.68 Å². The van der Waals surface area contributed by atoms with Gasteiger partial charge in [0.1, 0.15) is 10.0 Å². The van der Waals surface area contributed by atoms with Crippen LogP contribution in [-0.2, 0) is 15.4 Å². The lowest BCUT2D eigenvalue weighted by Crippen LogP contribution is -2.31. The van der Waals surface area contributed by atoms with Gasteiger partial charge in [0.15, 0.2) is 0 Å². The normalized spacial score (nSPS) is 12.8. The average molecular weight is 361 g/mol. The van der Waals surface area contributed by atoms with E-state index in [1.54, 1.807) is 24.6 Å². The van der Waals surface area contributed by atoms with E-state index in [1.807, 2.05) is 0 Å². The summed E-state index contributed by atoms with van der Waals surface area (Å²) in [4.78, 5) is 4.42. The second-order valence-corrected chi connectivity index (χ2v) is 9.83. The quantitative estimate of drug-likeness (QED) is 0.857. The molecule has 2 heterocycles. The third-order valence-electron chi connectivity index (χ3n) is 2.96. The van der Waals surface area contributed by atoms with Crippen LogP contribution < -0.4 is 5.32 Å². The fourth-order valence-corrected chi connectivity index (χ4v) is 4.76. The monoisotopic (exact) mass is 360 g/mol. The molecule has 9 heteroatoms. The Kier molecular flexibility index (Phi) is 5.21. The maximum absolute atomic E-state index is 12.3. The van der Waals surface area contributed by atoms with E-state index in [2.05, 4.69) is 35.4 Å². The van der Waals surface area contributed by atoms with Gasteiger partial charge in [-0.25, -0.2) is 13.4 Å². The van der Waals surface area contributed by atoms with Crippen LogP contribution in [0.15, 0.2) is 21.7 Å². The van der Waals surface area contributed by atoms with Crippen LogP contribution in [0.2, 0.25) is 0 Å². The van der Waals surface area contributed by atoms with Gasteiger partial charge in [0, 0.05) is 37.1 Å². The zero-order chi connectivity index (χ0) is 16.4. The molecule has 0 amide bonds. The highest BCUT2D eigenvalue weighted by Gasteiger charge is 2.22. The predicted molar refractivity (Wildman–Crippen MR) is 91.2 cm³/mol. The summed E-state index contributed by atoms with van der Waals surface area (Å²) in [5.74, 6) is 0.791. The molecule has 0 saturated carbocycles. The molecule has 22 heavy (non-hydrogen) atoms. The fraction of sp³-hybridized carbons (Fsp3) is 0.538. The van der Waals surface area contributed by atoms with E-state index < -0.39 is 10.0 Å². The van der Waals surface area contributed by atoms with E-state index >= 15 is 0 Å². The zero-order valence-corrected chi connectivity index (χ0v) is 15.5. The molecule has 0 radical (unpaired) electrons. The second-order valence-electron chi connectivity index (χ2n) is 5.86. The first kappa shape index (κ1) is 17.3. The molecule has 0 aliphatic rings. The maximum atomic E-state index is 12.3. The number of anilines is 1. The Morgan fingerprint density at radius 2 is 2.09 bits per heavy atom. The fourth-order valence-electron chi connectivity index (χ4n) is 1.60. The lowest BCUT2D eigenvalue weighted by atomic mass is 9.96. The molecule has 0 aromatic carbocycles. The van der Waals surface area contributed by atoms with Crippen molar-refractivity contribution in [1.29, 1.82) is 0 Å². The van der Waals surface area contributed by atoms with Crippen LogP contribution in [0.25, 0.3) is 0 Å². The molecule has 2 aromatic rings. The van der Waals surface area contributed by atoms with Gasteiger partial charge in [0.25, 0.3) is 10.0 Å². The number of thiophene rings is 1. The largest absolute Gasteiger partial charge is 0.359 e. The number of rotatable bonds is 6. The number of nitrogens with one attached hydrogen (secondary N) is 1. The number of hydrogen-bond donors (Lipinski definition) is 1. The summed E-state index contributed by atoms with van der Waals surface area (Å²) >= 11 is 2.52. The van der Waals surface area contributed by atoms with Crippen molar-refractivity contribution in [3.8, 4) is 0 Å². The van der Waals surface area contributed by atoms with Crippen molar-refractivity contribution in [3.05, 3.63) is 23.3 Å². The Morgan fingerprint density at radius 1 is 1.36 bits per heavy atom. The summed E-state index contributed by atoms with van der Waals surface area (Å²) in [5.41, 5.74) is -0.0876. The highest BCUT2D eigenvalue weighted by molar-refractivity contribution is 7.91. The molecule has 0 atom stereocenters. The average Bonchev–Trinajstić information content (AvgIpc) is 3.09. The topological polar surface area (TPSA) is 75.2 Å². The molecule has 2 aromatic heterocycles. The lowest BCUT2D eigenvalue weighted by molar-refractivity contribution is 0.482. The van der Waals surface area contributed by atoms with Crippen LogP contribution in [0, 0.1) is 0 Å². The van der Waals surface area contributed by atoms with E-state index in [-0.39, 0.29) is 5.41 Å². The van der Waals surface area contributed by atoms with Gasteiger partial charge in [-0.15, -0.1) is 11.3 Å². The molecule has 122 valence electrons. The van der Waals surface area contributed by atoms with Crippen molar-refractivity contribution in [2.24, 2.45) is 0 Å². The Morgan fingerprint density at radius 3 is 2.64 bits per heavy atom. The van der Waals surface area contributed by atoms with Crippen LogP contribution in [0.4, 0.5) is 5.13 Å². The van der Waals surface area contributed by atoms with E-state index in [0.717, 1.165) is 5.82 Å². The summed E-state index contributed by atoms with van der Waals surface area (Å²) in [6, 6.07) is 3.35. The van der Waals surface area contributed by atoms with Crippen molar-refractivity contribution in [2.75, 3.05) is 25.5 Å². The lowest BCUT2D eigenvalue weighted by Gasteiger charge is -2.16. The highest BCUT2D eigenvalue weighted by Crippen LogP contribution is 2.23. The molecule has 0 aliphatic heterocycles.